The highest BCUT2D eigenvalue weighted by molar-refractivity contribution is 5.92. The Kier molecular flexibility index (Phi) is 5.27. The van der Waals surface area contributed by atoms with Gasteiger partial charge in [0, 0.05) is 24.7 Å². The van der Waals surface area contributed by atoms with E-state index in [4.69, 9.17) is 5.73 Å². The third kappa shape index (κ3) is 3.83. The molecule has 1 fully saturated rings. The highest BCUT2D eigenvalue weighted by atomic mass is 19.4. The Labute approximate surface area is 210 Å². The molecular formula is C27H25F3N6O. The molecule has 10 heteroatoms. The van der Waals surface area contributed by atoms with Crippen LogP contribution in [0.25, 0.3) is 16.6 Å². The standard InChI is InChI=1S/C27H25F3N6O/c1-15(16-6-4-7-18(13-16)27(28,29)30)21-20-23(35-34-21)32-25(33-24(20)37)36-11-9-26(10-12-36)14-17-5-2-3-8-19(17)22(26)31/h2-8,13,22H,1,9-12,14,31H2,(H2,32,33,34,35,37)/t22-/m1/s1. The van der Waals surface area contributed by atoms with E-state index >= 15 is 0 Å². The molecule has 4 N–H and O–H groups in total. The van der Waals surface area contributed by atoms with E-state index < -0.39 is 17.3 Å². The average molecular weight is 507 g/mol. The predicted octanol–water partition coefficient (Wildman–Crippen LogP) is 4.57. The predicted molar refractivity (Wildman–Crippen MR) is 135 cm³/mol. The van der Waals surface area contributed by atoms with E-state index in [1.807, 2.05) is 17.0 Å². The number of anilines is 1. The molecule has 1 aliphatic heterocycles. The summed E-state index contributed by atoms with van der Waals surface area (Å²) in [5.41, 5.74) is 8.82. The van der Waals surface area contributed by atoms with Crippen molar-refractivity contribution >= 4 is 22.6 Å². The molecule has 1 spiro atoms. The number of halogens is 3. The normalized spacial score (nSPS) is 18.9. The second-order valence-corrected chi connectivity index (χ2v) is 9.95. The molecule has 4 aromatic rings. The molecule has 0 unspecified atom stereocenters. The Bertz CT molecular complexity index is 1580. The summed E-state index contributed by atoms with van der Waals surface area (Å²) in [5, 5.41) is 7.10. The molecule has 1 aliphatic carbocycles. The molecule has 6 rings (SSSR count). The molecule has 7 nitrogen and oxygen atoms in total. The molecular weight excluding hydrogens is 481 g/mol. The van der Waals surface area contributed by atoms with E-state index in [-0.39, 0.29) is 39.3 Å². The highest BCUT2D eigenvalue weighted by Gasteiger charge is 2.46. The number of nitrogens with two attached hydrogens (primary N) is 1. The van der Waals surface area contributed by atoms with Gasteiger partial charge in [0.2, 0.25) is 5.95 Å². The van der Waals surface area contributed by atoms with Crippen molar-refractivity contribution in [2.75, 3.05) is 18.0 Å². The van der Waals surface area contributed by atoms with Crippen LogP contribution in [-0.4, -0.2) is 33.3 Å². The first-order chi connectivity index (χ1) is 17.7. The second-order valence-electron chi connectivity index (χ2n) is 9.95. The number of H-pyrrole nitrogens is 2. The number of aromatic amines is 2. The van der Waals surface area contributed by atoms with Gasteiger partial charge in [-0.15, -0.1) is 0 Å². The van der Waals surface area contributed by atoms with Gasteiger partial charge in [0.25, 0.3) is 5.56 Å². The van der Waals surface area contributed by atoms with Gasteiger partial charge in [0.1, 0.15) is 11.1 Å². The van der Waals surface area contributed by atoms with Crippen molar-refractivity contribution in [3.63, 3.8) is 0 Å². The van der Waals surface area contributed by atoms with Crippen LogP contribution in [-0.2, 0) is 12.6 Å². The lowest BCUT2D eigenvalue weighted by atomic mass is 9.73. The van der Waals surface area contributed by atoms with E-state index in [0.29, 0.717) is 19.0 Å². The summed E-state index contributed by atoms with van der Waals surface area (Å²) in [6.07, 6.45) is -1.81. The molecule has 3 heterocycles. The zero-order valence-corrected chi connectivity index (χ0v) is 19.9. The summed E-state index contributed by atoms with van der Waals surface area (Å²) in [6, 6.07) is 13.1. The van der Waals surface area contributed by atoms with E-state index in [1.54, 1.807) is 0 Å². The molecule has 0 amide bonds. The van der Waals surface area contributed by atoms with Crippen LogP contribution in [0.15, 0.2) is 59.9 Å². The first-order valence-electron chi connectivity index (χ1n) is 12.1. The monoisotopic (exact) mass is 506 g/mol. The molecule has 1 saturated heterocycles. The number of nitrogens with zero attached hydrogens (tertiary/aromatic N) is 3. The Hall–Kier alpha value is -3.92. The lowest BCUT2D eigenvalue weighted by Gasteiger charge is -2.42. The molecule has 2 aromatic heterocycles. The Balaban J connectivity index is 1.25. The number of fused-ring (bicyclic) bond motifs is 2. The maximum atomic E-state index is 13.2. The Morgan fingerprint density at radius 3 is 2.62 bits per heavy atom. The second kappa shape index (κ2) is 8.31. The molecule has 0 bridgehead atoms. The third-order valence-electron chi connectivity index (χ3n) is 7.89. The fourth-order valence-corrected chi connectivity index (χ4v) is 5.78. The molecule has 37 heavy (non-hydrogen) atoms. The fourth-order valence-electron chi connectivity index (χ4n) is 5.78. The number of rotatable bonds is 3. The molecule has 2 aromatic carbocycles. The molecule has 0 saturated carbocycles. The molecule has 2 aliphatic rings. The van der Waals surface area contributed by atoms with Crippen LogP contribution in [0, 0.1) is 5.41 Å². The van der Waals surface area contributed by atoms with Crippen LogP contribution in [0.1, 0.15) is 46.8 Å². The lowest BCUT2D eigenvalue weighted by Crippen LogP contribution is -2.45. The average Bonchev–Trinajstić information content (AvgIpc) is 3.43. The van der Waals surface area contributed by atoms with Crippen LogP contribution in [0.4, 0.5) is 19.1 Å². The Morgan fingerprint density at radius 1 is 1.14 bits per heavy atom. The van der Waals surface area contributed by atoms with Crippen molar-refractivity contribution in [2.45, 2.75) is 31.5 Å². The van der Waals surface area contributed by atoms with Gasteiger partial charge in [-0.3, -0.25) is 14.9 Å². The van der Waals surface area contributed by atoms with Gasteiger partial charge in [-0.1, -0.05) is 43.0 Å². The number of piperidine rings is 1. The van der Waals surface area contributed by atoms with Gasteiger partial charge >= 0.3 is 6.18 Å². The number of benzene rings is 2. The zero-order chi connectivity index (χ0) is 25.9. The van der Waals surface area contributed by atoms with Gasteiger partial charge in [-0.25, -0.2) is 0 Å². The first kappa shape index (κ1) is 23.5. The van der Waals surface area contributed by atoms with Gasteiger partial charge < -0.3 is 10.6 Å². The van der Waals surface area contributed by atoms with Crippen LogP contribution in [0.5, 0.6) is 0 Å². The minimum atomic E-state index is -4.49. The first-order valence-corrected chi connectivity index (χ1v) is 12.1. The maximum Gasteiger partial charge on any atom is 0.416 e. The van der Waals surface area contributed by atoms with Crippen molar-refractivity contribution in [1.82, 2.24) is 20.2 Å². The number of hydrogen-bond donors (Lipinski definition) is 3. The summed E-state index contributed by atoms with van der Waals surface area (Å²) >= 11 is 0. The van der Waals surface area contributed by atoms with Crippen molar-refractivity contribution in [1.29, 1.82) is 0 Å². The number of aromatic nitrogens is 4. The van der Waals surface area contributed by atoms with E-state index in [2.05, 4.69) is 38.9 Å². The quantitative estimate of drug-likeness (QED) is 0.378. The highest BCUT2D eigenvalue weighted by Crippen LogP contribution is 2.50. The van der Waals surface area contributed by atoms with Crippen LogP contribution in [0.3, 0.4) is 0 Å². The zero-order valence-electron chi connectivity index (χ0n) is 19.9. The number of alkyl halides is 3. The minimum absolute atomic E-state index is 0.00552. The molecule has 1 atom stereocenters. The SMILES string of the molecule is C=C(c1cccc(C(F)(F)F)c1)c1n[nH]c2nc(N3CCC4(CC3)Cc3ccccc3[C@H]4N)[nH]c(=O)c12. The van der Waals surface area contributed by atoms with Crippen molar-refractivity contribution in [3.05, 3.63) is 93.4 Å². The summed E-state index contributed by atoms with van der Waals surface area (Å²) in [7, 11) is 0. The van der Waals surface area contributed by atoms with Crippen molar-refractivity contribution < 1.29 is 13.2 Å². The van der Waals surface area contributed by atoms with Crippen molar-refractivity contribution in [2.24, 2.45) is 11.1 Å². The van der Waals surface area contributed by atoms with Crippen LogP contribution >= 0.6 is 0 Å². The third-order valence-corrected chi connectivity index (χ3v) is 7.89. The summed E-state index contributed by atoms with van der Waals surface area (Å²) in [4.78, 5) is 22.6. The van der Waals surface area contributed by atoms with E-state index in [0.717, 1.165) is 31.4 Å². The fraction of sp³-hybridized carbons (Fsp3) is 0.296. The lowest BCUT2D eigenvalue weighted by molar-refractivity contribution is -0.137. The smallest absolute Gasteiger partial charge is 0.342 e. The van der Waals surface area contributed by atoms with Gasteiger partial charge in [0.05, 0.1) is 5.56 Å². The van der Waals surface area contributed by atoms with Crippen LogP contribution in [0.2, 0.25) is 0 Å². The molecule has 0 radical (unpaired) electrons. The van der Waals surface area contributed by atoms with E-state index in [9.17, 15) is 18.0 Å². The number of nitrogens with one attached hydrogen (secondary N) is 2. The summed E-state index contributed by atoms with van der Waals surface area (Å²) in [5.74, 6) is 0.427. The van der Waals surface area contributed by atoms with Crippen LogP contribution < -0.4 is 16.2 Å². The van der Waals surface area contributed by atoms with E-state index in [1.165, 1.54) is 23.3 Å². The van der Waals surface area contributed by atoms with Gasteiger partial charge in [-0.2, -0.15) is 23.3 Å². The van der Waals surface area contributed by atoms with Crippen molar-refractivity contribution in [3.8, 4) is 0 Å². The van der Waals surface area contributed by atoms with Gasteiger partial charge in [0.15, 0.2) is 5.65 Å². The topological polar surface area (TPSA) is 104 Å². The largest absolute Gasteiger partial charge is 0.416 e. The molecule has 190 valence electrons. The Morgan fingerprint density at radius 2 is 1.89 bits per heavy atom. The minimum Gasteiger partial charge on any atom is -0.342 e. The summed E-state index contributed by atoms with van der Waals surface area (Å²) < 4.78 is 39.5. The number of hydrogen-bond acceptors (Lipinski definition) is 5. The summed E-state index contributed by atoms with van der Waals surface area (Å²) in [6.45, 7) is 5.28. The van der Waals surface area contributed by atoms with Gasteiger partial charge in [-0.05, 0) is 53.5 Å². The maximum absolute atomic E-state index is 13.2.